The summed E-state index contributed by atoms with van der Waals surface area (Å²) in [6.07, 6.45) is 3.33. The van der Waals surface area contributed by atoms with Crippen LogP contribution in [0.15, 0.2) is 23.3 Å². The van der Waals surface area contributed by atoms with Crippen LogP contribution in [0.2, 0.25) is 0 Å². The molecule has 27 heavy (non-hydrogen) atoms. The fourth-order valence-electron chi connectivity index (χ4n) is 3.56. The van der Waals surface area contributed by atoms with E-state index in [9.17, 15) is 0 Å². The molecule has 2 unspecified atom stereocenters. The molecule has 0 bridgehead atoms. The van der Waals surface area contributed by atoms with Crippen LogP contribution in [0.5, 0.6) is 0 Å². The first kappa shape index (κ1) is 19.9. The average Bonchev–Trinajstić information content (AvgIpc) is 3.18. The number of morpholine rings is 1. The van der Waals surface area contributed by atoms with E-state index in [1.165, 1.54) is 0 Å². The second kappa shape index (κ2) is 9.90. The van der Waals surface area contributed by atoms with Crippen LogP contribution in [-0.4, -0.2) is 75.0 Å². The highest BCUT2D eigenvalue weighted by atomic mass is 16.5. The molecule has 3 heterocycles. The molecular weight excluding hydrogens is 342 g/mol. The highest BCUT2D eigenvalue weighted by Crippen LogP contribution is 2.16. The molecule has 2 fully saturated rings. The van der Waals surface area contributed by atoms with E-state index in [4.69, 9.17) is 14.5 Å². The first-order valence-electron chi connectivity index (χ1n) is 10.0. The number of nitrogens with one attached hydrogen (secondary N) is 1. The number of guanidine groups is 1. The van der Waals surface area contributed by atoms with E-state index in [0.29, 0.717) is 12.5 Å². The molecule has 3 rings (SSSR count). The van der Waals surface area contributed by atoms with Gasteiger partial charge in [0.05, 0.1) is 25.9 Å². The summed E-state index contributed by atoms with van der Waals surface area (Å²) in [5.41, 5.74) is 1.12. The van der Waals surface area contributed by atoms with Gasteiger partial charge in [0.15, 0.2) is 5.96 Å². The number of anilines is 1. The van der Waals surface area contributed by atoms with Crippen LogP contribution in [0.1, 0.15) is 25.8 Å². The predicted octanol–water partition coefficient (Wildman–Crippen LogP) is 1.74. The zero-order valence-corrected chi connectivity index (χ0v) is 16.9. The molecule has 0 spiro atoms. The minimum Gasteiger partial charge on any atom is -0.381 e. The Morgan fingerprint density at radius 1 is 1.41 bits per heavy atom. The maximum atomic E-state index is 5.60. The van der Waals surface area contributed by atoms with E-state index < -0.39 is 0 Å². The smallest absolute Gasteiger partial charge is 0.193 e. The second-order valence-electron chi connectivity index (χ2n) is 7.43. The van der Waals surface area contributed by atoms with Gasteiger partial charge in [-0.3, -0.25) is 0 Å². The van der Waals surface area contributed by atoms with Crippen LogP contribution in [-0.2, 0) is 16.0 Å². The molecule has 2 aliphatic rings. The molecule has 1 aromatic rings. The van der Waals surface area contributed by atoms with Gasteiger partial charge in [0.1, 0.15) is 5.82 Å². The van der Waals surface area contributed by atoms with Gasteiger partial charge in [-0.25, -0.2) is 9.98 Å². The van der Waals surface area contributed by atoms with Gasteiger partial charge in [-0.05, 0) is 31.9 Å². The number of hydrogen-bond acceptors (Lipinski definition) is 5. The Hall–Kier alpha value is -1.86. The van der Waals surface area contributed by atoms with Gasteiger partial charge >= 0.3 is 0 Å². The number of ether oxygens (including phenoxy) is 2. The lowest BCUT2D eigenvalue weighted by Crippen LogP contribution is -2.41. The summed E-state index contributed by atoms with van der Waals surface area (Å²) in [5.74, 6) is 2.55. The van der Waals surface area contributed by atoms with Gasteiger partial charge in [-0.2, -0.15) is 0 Å². The van der Waals surface area contributed by atoms with Crippen molar-refractivity contribution >= 4 is 11.8 Å². The van der Waals surface area contributed by atoms with Crippen LogP contribution in [0.3, 0.4) is 0 Å². The standard InChI is InChI=1S/C20H33N5O2/c1-4-21-20(24(3)14-18-7-9-26-15-18)23-12-17-5-6-19(22-11-17)25-8-10-27-16(2)13-25/h5-6,11,16,18H,4,7-10,12-15H2,1-3H3,(H,21,23). The number of aliphatic imine (C=N–C) groups is 1. The van der Waals surface area contributed by atoms with E-state index in [0.717, 1.165) is 69.8 Å². The highest BCUT2D eigenvalue weighted by Gasteiger charge is 2.19. The van der Waals surface area contributed by atoms with Gasteiger partial charge in [0.25, 0.3) is 0 Å². The van der Waals surface area contributed by atoms with Crippen LogP contribution < -0.4 is 10.2 Å². The van der Waals surface area contributed by atoms with Gasteiger partial charge in [0.2, 0.25) is 0 Å². The van der Waals surface area contributed by atoms with E-state index in [1.54, 1.807) is 0 Å². The fourth-order valence-corrected chi connectivity index (χ4v) is 3.56. The molecule has 0 radical (unpaired) electrons. The molecule has 0 saturated carbocycles. The van der Waals surface area contributed by atoms with Crippen LogP contribution in [0, 0.1) is 5.92 Å². The fraction of sp³-hybridized carbons (Fsp3) is 0.700. The average molecular weight is 376 g/mol. The maximum Gasteiger partial charge on any atom is 0.193 e. The van der Waals surface area contributed by atoms with Crippen molar-refractivity contribution in [3.8, 4) is 0 Å². The predicted molar refractivity (Wildman–Crippen MR) is 108 cm³/mol. The molecule has 2 saturated heterocycles. The molecular formula is C20H33N5O2. The minimum absolute atomic E-state index is 0.258. The van der Waals surface area contributed by atoms with Crippen molar-refractivity contribution in [2.24, 2.45) is 10.9 Å². The topological polar surface area (TPSA) is 62.2 Å². The van der Waals surface area contributed by atoms with E-state index in [-0.39, 0.29) is 6.10 Å². The summed E-state index contributed by atoms with van der Waals surface area (Å²) in [5, 5.41) is 3.39. The summed E-state index contributed by atoms with van der Waals surface area (Å²) < 4.78 is 11.1. The number of nitrogens with zero attached hydrogens (tertiary/aromatic N) is 4. The number of rotatable bonds is 6. The molecule has 1 aromatic heterocycles. The van der Waals surface area contributed by atoms with Crippen molar-refractivity contribution in [2.45, 2.75) is 32.9 Å². The third-order valence-electron chi connectivity index (χ3n) is 5.04. The molecule has 0 aromatic carbocycles. The SMILES string of the molecule is CCNC(=NCc1ccc(N2CCOC(C)C2)nc1)N(C)CC1CCOC1. The van der Waals surface area contributed by atoms with Crippen LogP contribution in [0.25, 0.3) is 0 Å². The number of aromatic nitrogens is 1. The molecule has 0 aliphatic carbocycles. The Bertz CT molecular complexity index is 601. The van der Waals surface area contributed by atoms with Gasteiger partial charge in [0, 0.05) is 51.9 Å². The lowest BCUT2D eigenvalue weighted by molar-refractivity contribution is 0.0529. The third kappa shape index (κ3) is 5.81. The normalized spacial score (nSPS) is 23.5. The zero-order chi connectivity index (χ0) is 19.1. The van der Waals surface area contributed by atoms with Crippen molar-refractivity contribution in [1.29, 1.82) is 0 Å². The van der Waals surface area contributed by atoms with Crippen molar-refractivity contribution in [3.05, 3.63) is 23.9 Å². The summed E-state index contributed by atoms with van der Waals surface area (Å²) in [4.78, 5) is 13.9. The molecule has 1 N–H and O–H groups in total. The lowest BCUT2D eigenvalue weighted by Gasteiger charge is -2.32. The Labute approximate surface area is 162 Å². The quantitative estimate of drug-likeness (QED) is 0.604. The van der Waals surface area contributed by atoms with Crippen LogP contribution >= 0.6 is 0 Å². The van der Waals surface area contributed by atoms with E-state index >= 15 is 0 Å². The largest absolute Gasteiger partial charge is 0.381 e. The molecule has 7 heteroatoms. The van der Waals surface area contributed by atoms with E-state index in [1.807, 2.05) is 6.20 Å². The van der Waals surface area contributed by atoms with Crippen molar-refractivity contribution < 1.29 is 9.47 Å². The van der Waals surface area contributed by atoms with E-state index in [2.05, 4.69) is 53.1 Å². The lowest BCUT2D eigenvalue weighted by atomic mass is 10.1. The Kier molecular flexibility index (Phi) is 7.29. The second-order valence-corrected chi connectivity index (χ2v) is 7.43. The summed E-state index contributed by atoms with van der Waals surface area (Å²) in [7, 11) is 2.10. The van der Waals surface area contributed by atoms with Gasteiger partial charge in [-0.1, -0.05) is 6.07 Å². The first-order chi connectivity index (χ1) is 13.2. The third-order valence-corrected chi connectivity index (χ3v) is 5.04. The number of hydrogen-bond donors (Lipinski definition) is 1. The number of pyridine rings is 1. The monoisotopic (exact) mass is 375 g/mol. The van der Waals surface area contributed by atoms with Crippen LogP contribution in [0.4, 0.5) is 5.82 Å². The first-order valence-corrected chi connectivity index (χ1v) is 10.0. The molecule has 0 amide bonds. The minimum atomic E-state index is 0.258. The Morgan fingerprint density at radius 3 is 2.96 bits per heavy atom. The van der Waals surface area contributed by atoms with Crippen molar-refractivity contribution in [1.82, 2.24) is 15.2 Å². The zero-order valence-electron chi connectivity index (χ0n) is 16.9. The Balaban J connectivity index is 1.58. The van der Waals surface area contributed by atoms with Gasteiger partial charge < -0.3 is 24.6 Å². The van der Waals surface area contributed by atoms with Crippen molar-refractivity contribution in [3.63, 3.8) is 0 Å². The summed E-state index contributed by atoms with van der Waals surface area (Å²) >= 11 is 0. The molecule has 2 atom stereocenters. The summed E-state index contributed by atoms with van der Waals surface area (Å²) in [6, 6.07) is 4.22. The molecule has 7 nitrogen and oxygen atoms in total. The Morgan fingerprint density at radius 2 is 2.30 bits per heavy atom. The van der Waals surface area contributed by atoms with Crippen molar-refractivity contribution in [2.75, 3.05) is 57.9 Å². The molecule has 150 valence electrons. The molecule has 2 aliphatic heterocycles. The van der Waals surface area contributed by atoms with Gasteiger partial charge in [-0.15, -0.1) is 0 Å². The maximum absolute atomic E-state index is 5.60. The highest BCUT2D eigenvalue weighted by molar-refractivity contribution is 5.79. The summed E-state index contributed by atoms with van der Waals surface area (Å²) in [6.45, 7) is 10.9.